The van der Waals surface area contributed by atoms with Crippen molar-refractivity contribution in [3.8, 4) is 23.0 Å². The molecule has 4 rings (SSSR count). The summed E-state index contributed by atoms with van der Waals surface area (Å²) in [5.74, 6) is -1.03. The van der Waals surface area contributed by atoms with Gasteiger partial charge >= 0.3 is 0 Å². The fourth-order valence-corrected chi connectivity index (χ4v) is 4.76. The maximum Gasteiger partial charge on any atom is 0.295 e. The van der Waals surface area contributed by atoms with E-state index in [9.17, 15) is 19.8 Å². The number of methoxy groups -OCH3 is 3. The fraction of sp³-hybridized carbons (Fsp3) is 0.407. The number of hydrogen-bond acceptors (Lipinski definition) is 9. The van der Waals surface area contributed by atoms with Gasteiger partial charge in [0.15, 0.2) is 0 Å². The summed E-state index contributed by atoms with van der Waals surface area (Å²) in [6.45, 7) is 3.95. The van der Waals surface area contributed by atoms with Crippen molar-refractivity contribution in [1.82, 2.24) is 9.80 Å². The van der Waals surface area contributed by atoms with Crippen molar-refractivity contribution in [3.63, 3.8) is 0 Å². The monoisotopic (exact) mass is 512 g/mol. The molecule has 37 heavy (non-hydrogen) atoms. The third-order valence-corrected chi connectivity index (χ3v) is 6.71. The molecule has 0 spiro atoms. The number of carbonyl (C=O) groups is 2. The normalized spacial score (nSPS) is 19.8. The Bertz CT molecular complexity index is 1190. The Morgan fingerprint density at radius 1 is 0.973 bits per heavy atom. The quantitative estimate of drug-likeness (QED) is 0.297. The molecule has 2 aromatic rings. The second-order valence-corrected chi connectivity index (χ2v) is 8.79. The van der Waals surface area contributed by atoms with Gasteiger partial charge in [-0.2, -0.15) is 0 Å². The van der Waals surface area contributed by atoms with Gasteiger partial charge in [0.2, 0.25) is 0 Å². The number of rotatable bonds is 9. The topological polar surface area (TPSA) is 118 Å². The van der Waals surface area contributed by atoms with Crippen molar-refractivity contribution in [1.29, 1.82) is 0 Å². The first-order valence-corrected chi connectivity index (χ1v) is 12.1. The van der Waals surface area contributed by atoms with Gasteiger partial charge in [-0.05, 0) is 36.8 Å². The van der Waals surface area contributed by atoms with E-state index in [-0.39, 0.29) is 23.4 Å². The SMILES string of the molecule is COc1ccc(C(O)=C2C(=O)C(=O)N(CCCN3CCOCC3)[C@@H]2c2cc(OC)ccc2OC)c(O)c1. The number of aliphatic hydroxyl groups is 1. The molecule has 0 radical (unpaired) electrons. The van der Waals surface area contributed by atoms with Gasteiger partial charge in [-0.15, -0.1) is 0 Å². The fourth-order valence-electron chi connectivity index (χ4n) is 4.76. The van der Waals surface area contributed by atoms with Gasteiger partial charge in [0.1, 0.15) is 28.8 Å². The van der Waals surface area contributed by atoms with Crippen molar-refractivity contribution < 1.29 is 38.7 Å². The number of aliphatic hydroxyl groups excluding tert-OH is 1. The second-order valence-electron chi connectivity index (χ2n) is 8.79. The number of morpholine rings is 1. The Morgan fingerprint density at radius 2 is 1.65 bits per heavy atom. The zero-order valence-electron chi connectivity index (χ0n) is 21.2. The number of ether oxygens (including phenoxy) is 4. The van der Waals surface area contributed by atoms with Gasteiger partial charge in [0, 0.05) is 37.8 Å². The van der Waals surface area contributed by atoms with E-state index in [1.165, 1.54) is 38.4 Å². The molecule has 0 unspecified atom stereocenters. The molecule has 1 atom stereocenters. The number of amides is 1. The van der Waals surface area contributed by atoms with Crippen molar-refractivity contribution in [3.05, 3.63) is 53.1 Å². The standard InChI is InChI=1S/C27H32N2O8/c1-34-17-6-8-22(36-3)20(15-17)24-23(25(31)19-7-5-18(35-2)16-21(19)30)26(32)27(33)29(24)10-4-9-28-11-13-37-14-12-28/h5-8,15-16,24,30-31H,4,9-14H2,1-3H3/t24-/m1/s1. The highest BCUT2D eigenvalue weighted by molar-refractivity contribution is 6.46. The summed E-state index contributed by atoms with van der Waals surface area (Å²) in [5.41, 5.74) is 0.365. The summed E-state index contributed by atoms with van der Waals surface area (Å²) < 4.78 is 21.5. The molecular weight excluding hydrogens is 480 g/mol. The molecule has 0 aliphatic carbocycles. The van der Waals surface area contributed by atoms with Crippen LogP contribution in [0, 0.1) is 0 Å². The van der Waals surface area contributed by atoms with Crippen LogP contribution in [0.25, 0.3) is 5.76 Å². The maximum absolute atomic E-state index is 13.4. The molecule has 0 saturated carbocycles. The predicted molar refractivity (Wildman–Crippen MR) is 135 cm³/mol. The molecule has 10 heteroatoms. The Balaban J connectivity index is 1.78. The number of benzene rings is 2. The van der Waals surface area contributed by atoms with Crippen LogP contribution in [0.5, 0.6) is 23.0 Å². The highest BCUT2D eigenvalue weighted by atomic mass is 16.5. The largest absolute Gasteiger partial charge is 0.507 e. The number of Topliss-reactive ketones (excluding diaryl/α,β-unsaturated/α-hetero) is 1. The molecule has 1 amide bonds. The third kappa shape index (κ3) is 5.35. The number of ketones is 1. The average molecular weight is 513 g/mol. The van der Waals surface area contributed by atoms with Crippen LogP contribution in [0.15, 0.2) is 42.0 Å². The highest BCUT2D eigenvalue weighted by Gasteiger charge is 2.47. The molecule has 2 aliphatic rings. The lowest BCUT2D eigenvalue weighted by Gasteiger charge is -2.29. The first-order valence-electron chi connectivity index (χ1n) is 12.1. The molecule has 2 aromatic carbocycles. The van der Waals surface area contributed by atoms with Crippen LogP contribution >= 0.6 is 0 Å². The Hall–Kier alpha value is -3.76. The van der Waals surface area contributed by atoms with Gasteiger partial charge in [-0.25, -0.2) is 0 Å². The number of phenols is 1. The number of hydrogen-bond donors (Lipinski definition) is 2. The van der Waals surface area contributed by atoms with Gasteiger partial charge in [-0.3, -0.25) is 14.5 Å². The molecule has 0 aromatic heterocycles. The minimum absolute atomic E-state index is 0.0129. The Labute approximate surface area is 215 Å². The summed E-state index contributed by atoms with van der Waals surface area (Å²) in [7, 11) is 4.46. The molecule has 198 valence electrons. The zero-order chi connectivity index (χ0) is 26.5. The smallest absolute Gasteiger partial charge is 0.295 e. The predicted octanol–water partition coefficient (Wildman–Crippen LogP) is 2.56. The van der Waals surface area contributed by atoms with Crippen LogP contribution in [0.1, 0.15) is 23.6 Å². The molecule has 2 fully saturated rings. The first-order chi connectivity index (χ1) is 17.9. The van der Waals surface area contributed by atoms with E-state index in [4.69, 9.17) is 18.9 Å². The Kier molecular flexibility index (Phi) is 8.20. The van der Waals surface area contributed by atoms with E-state index < -0.39 is 23.5 Å². The van der Waals surface area contributed by atoms with Crippen LogP contribution in [0.2, 0.25) is 0 Å². The van der Waals surface area contributed by atoms with Crippen LogP contribution in [0.4, 0.5) is 0 Å². The third-order valence-electron chi connectivity index (χ3n) is 6.71. The summed E-state index contributed by atoms with van der Waals surface area (Å²) in [5, 5.41) is 21.9. The van der Waals surface area contributed by atoms with Crippen molar-refractivity contribution >= 4 is 17.4 Å². The number of nitrogens with zero attached hydrogens (tertiary/aromatic N) is 2. The van der Waals surface area contributed by atoms with Crippen molar-refractivity contribution in [2.24, 2.45) is 0 Å². The molecule has 2 heterocycles. The van der Waals surface area contributed by atoms with E-state index in [2.05, 4.69) is 4.90 Å². The first kappa shape index (κ1) is 26.3. The summed E-state index contributed by atoms with van der Waals surface area (Å²) in [6.07, 6.45) is 0.615. The maximum atomic E-state index is 13.4. The van der Waals surface area contributed by atoms with Crippen LogP contribution < -0.4 is 14.2 Å². The molecule has 2 N–H and O–H groups in total. The van der Waals surface area contributed by atoms with Crippen molar-refractivity contribution in [2.75, 3.05) is 60.7 Å². The summed E-state index contributed by atoms with van der Waals surface area (Å²) >= 11 is 0. The molecule has 10 nitrogen and oxygen atoms in total. The Morgan fingerprint density at radius 3 is 2.30 bits per heavy atom. The minimum Gasteiger partial charge on any atom is -0.507 e. The van der Waals surface area contributed by atoms with E-state index in [1.54, 1.807) is 24.3 Å². The minimum atomic E-state index is -0.948. The summed E-state index contributed by atoms with van der Waals surface area (Å²) in [4.78, 5) is 30.4. The number of aromatic hydroxyl groups is 1. The second kappa shape index (κ2) is 11.5. The lowest BCUT2D eigenvalue weighted by Crippen LogP contribution is -2.39. The molecule has 0 bridgehead atoms. The molecule has 2 aliphatic heterocycles. The number of carbonyl (C=O) groups excluding carboxylic acids is 2. The van der Waals surface area contributed by atoms with Gasteiger partial charge in [-0.1, -0.05) is 0 Å². The lowest BCUT2D eigenvalue weighted by molar-refractivity contribution is -0.140. The van der Waals surface area contributed by atoms with Gasteiger partial charge < -0.3 is 34.1 Å². The van der Waals surface area contributed by atoms with E-state index in [0.717, 1.165) is 19.6 Å². The molecular formula is C27H32N2O8. The van der Waals surface area contributed by atoms with E-state index in [1.807, 2.05) is 0 Å². The van der Waals surface area contributed by atoms with Gasteiger partial charge in [0.25, 0.3) is 11.7 Å². The van der Waals surface area contributed by atoms with Crippen molar-refractivity contribution in [2.45, 2.75) is 12.5 Å². The van der Waals surface area contributed by atoms with Crippen LogP contribution in [-0.4, -0.2) is 92.4 Å². The van der Waals surface area contributed by atoms with E-state index >= 15 is 0 Å². The van der Waals surface area contributed by atoms with E-state index in [0.29, 0.717) is 42.4 Å². The van der Waals surface area contributed by atoms with Crippen LogP contribution in [0.3, 0.4) is 0 Å². The zero-order valence-corrected chi connectivity index (χ0v) is 21.2. The highest BCUT2D eigenvalue weighted by Crippen LogP contribution is 2.45. The van der Waals surface area contributed by atoms with Gasteiger partial charge in [0.05, 0.1) is 51.7 Å². The number of phenolic OH excluding ortho intramolecular Hbond substituents is 1. The molecule has 2 saturated heterocycles. The number of likely N-dealkylation sites (tertiary alicyclic amines) is 1. The lowest BCUT2D eigenvalue weighted by atomic mass is 9.94. The summed E-state index contributed by atoms with van der Waals surface area (Å²) in [6, 6.07) is 8.45. The van der Waals surface area contributed by atoms with Crippen LogP contribution in [-0.2, 0) is 14.3 Å². The average Bonchev–Trinajstić information content (AvgIpc) is 3.17.